The lowest BCUT2D eigenvalue weighted by Gasteiger charge is -2.38. The number of carboxylic acids is 1. The Balaban J connectivity index is 0.000000705. The first-order chi connectivity index (χ1) is 25.3. The van der Waals surface area contributed by atoms with Gasteiger partial charge in [0.15, 0.2) is 0 Å². The largest absolute Gasteiger partial charge is 0.494 e. The Morgan fingerprint density at radius 2 is 1.81 bits per heavy atom. The smallest absolute Gasteiger partial charge is 0.490 e. The van der Waals surface area contributed by atoms with Gasteiger partial charge >= 0.3 is 18.2 Å². The average Bonchev–Trinajstić information content (AvgIpc) is 3.36. The number of nitrogens with zero attached hydrogens (tertiary/aromatic N) is 5. The Kier molecular flexibility index (Phi) is 12.8. The summed E-state index contributed by atoms with van der Waals surface area (Å²) in [6.45, 7) is 8.26. The Bertz CT molecular complexity index is 2020. The summed E-state index contributed by atoms with van der Waals surface area (Å²) >= 11 is 3.63. The van der Waals surface area contributed by atoms with E-state index in [-0.39, 0.29) is 12.1 Å². The molecule has 0 aliphatic carbocycles. The lowest BCUT2D eigenvalue weighted by molar-refractivity contribution is -0.192. The summed E-state index contributed by atoms with van der Waals surface area (Å²) in [7, 11) is 1.25. The van der Waals surface area contributed by atoms with Gasteiger partial charge in [-0.2, -0.15) is 18.2 Å². The third kappa shape index (κ3) is 9.54. The second-order valence-electron chi connectivity index (χ2n) is 12.1. The number of carbonyl (C=O) groups is 2. The number of para-hydroxylation sites is 1. The number of piperidine rings is 1. The SMILES string of the molecule is CCc1cc(Nc2ncc(Br)c(Nc3cnc4ccccc4c3P(C)C)n2)c(OC)cc1N1CCC(N2C=CC=COC2=O)CC1.O=C(O)C(F)(F)F. The number of amides is 1. The molecule has 6 rings (SSSR count). The van der Waals surface area contributed by atoms with Crippen LogP contribution in [0.15, 0.2) is 77.9 Å². The number of cyclic esters (lactones) is 1. The molecule has 2 aliphatic rings. The highest BCUT2D eigenvalue weighted by atomic mass is 79.9. The van der Waals surface area contributed by atoms with Crippen LogP contribution in [-0.2, 0) is 16.0 Å². The number of benzene rings is 2. The van der Waals surface area contributed by atoms with Gasteiger partial charge in [-0.15, -0.1) is 0 Å². The highest BCUT2D eigenvalue weighted by Gasteiger charge is 2.38. The number of aromatic nitrogens is 3. The number of hydrogen-bond donors (Lipinski definition) is 3. The minimum absolute atomic E-state index is 0.0910. The Hall–Kier alpha value is -4.95. The number of rotatable bonds is 9. The maximum atomic E-state index is 12.4. The summed E-state index contributed by atoms with van der Waals surface area (Å²) in [5.74, 6) is -0.977. The van der Waals surface area contributed by atoms with E-state index in [1.54, 1.807) is 30.5 Å². The molecule has 1 fully saturated rings. The van der Waals surface area contributed by atoms with Gasteiger partial charge in [-0.25, -0.2) is 14.6 Å². The van der Waals surface area contributed by atoms with Crippen LogP contribution in [0.25, 0.3) is 10.9 Å². The molecule has 3 N–H and O–H groups in total. The van der Waals surface area contributed by atoms with Gasteiger partial charge in [-0.3, -0.25) is 9.88 Å². The predicted molar refractivity (Wildman–Crippen MR) is 204 cm³/mol. The zero-order valence-electron chi connectivity index (χ0n) is 29.3. The van der Waals surface area contributed by atoms with Crippen molar-refractivity contribution in [3.05, 3.63) is 83.4 Å². The molecule has 2 aliphatic heterocycles. The molecule has 4 aromatic rings. The van der Waals surface area contributed by atoms with Gasteiger partial charge in [-0.1, -0.05) is 33.0 Å². The molecule has 0 unspecified atom stereocenters. The first-order valence-corrected chi connectivity index (χ1v) is 19.5. The maximum Gasteiger partial charge on any atom is 0.490 e. The lowest BCUT2D eigenvalue weighted by Crippen LogP contribution is -2.45. The third-order valence-corrected chi connectivity index (χ3v) is 10.4. The van der Waals surface area contributed by atoms with E-state index < -0.39 is 20.1 Å². The number of allylic oxidation sites excluding steroid dienone is 2. The van der Waals surface area contributed by atoms with Gasteiger partial charge in [-0.05, 0) is 78.4 Å². The van der Waals surface area contributed by atoms with Gasteiger partial charge in [0.25, 0.3) is 0 Å². The molecule has 12 nitrogen and oxygen atoms in total. The minimum atomic E-state index is -5.08. The molecule has 0 radical (unpaired) electrons. The van der Waals surface area contributed by atoms with Crippen LogP contribution in [-0.4, -0.2) is 82.8 Å². The van der Waals surface area contributed by atoms with E-state index in [1.807, 2.05) is 30.5 Å². The quantitative estimate of drug-likeness (QED) is 0.141. The maximum absolute atomic E-state index is 12.4. The zero-order chi connectivity index (χ0) is 38.3. The van der Waals surface area contributed by atoms with Crippen molar-refractivity contribution in [2.24, 2.45) is 0 Å². The van der Waals surface area contributed by atoms with Crippen molar-refractivity contribution in [2.45, 2.75) is 38.4 Å². The van der Waals surface area contributed by atoms with Crippen molar-refractivity contribution >= 4 is 80.9 Å². The van der Waals surface area contributed by atoms with E-state index in [2.05, 4.69) is 79.9 Å². The monoisotopic (exact) mass is 815 g/mol. The number of carbonyl (C=O) groups excluding carboxylic acids is 1. The number of aryl methyl sites for hydroxylation is 1. The number of aliphatic carboxylic acids is 1. The van der Waals surface area contributed by atoms with Crippen molar-refractivity contribution in [1.82, 2.24) is 19.9 Å². The van der Waals surface area contributed by atoms with Crippen molar-refractivity contribution < 1.29 is 37.3 Å². The van der Waals surface area contributed by atoms with Crippen LogP contribution in [0.4, 0.5) is 46.8 Å². The van der Waals surface area contributed by atoms with Crippen molar-refractivity contribution in [2.75, 3.05) is 49.1 Å². The number of methoxy groups -OCH3 is 1. The number of carboxylic acid groups (broad SMARTS) is 1. The summed E-state index contributed by atoms with van der Waals surface area (Å²) in [6, 6.07) is 12.5. The van der Waals surface area contributed by atoms with E-state index in [0.29, 0.717) is 17.5 Å². The molecular weight excluding hydrogens is 778 g/mol. The highest BCUT2D eigenvalue weighted by Crippen LogP contribution is 2.38. The Morgan fingerprint density at radius 1 is 1.09 bits per heavy atom. The lowest BCUT2D eigenvalue weighted by atomic mass is 10.0. The number of anilines is 5. The molecule has 2 aromatic carbocycles. The number of pyridine rings is 1. The van der Waals surface area contributed by atoms with Crippen LogP contribution in [0.1, 0.15) is 25.3 Å². The molecule has 280 valence electrons. The van der Waals surface area contributed by atoms with Gasteiger partial charge < -0.3 is 30.1 Å². The Labute approximate surface area is 314 Å². The third-order valence-electron chi connectivity index (χ3n) is 8.48. The topological polar surface area (TPSA) is 142 Å². The van der Waals surface area contributed by atoms with Crippen LogP contribution in [0, 0.1) is 0 Å². The second kappa shape index (κ2) is 17.3. The molecule has 2 aromatic heterocycles. The van der Waals surface area contributed by atoms with Gasteiger partial charge in [0, 0.05) is 54.0 Å². The fourth-order valence-corrected chi connectivity index (χ4v) is 7.54. The molecule has 1 amide bonds. The molecular formula is C36H38BrF3N7O5P. The molecule has 1 saturated heterocycles. The molecule has 17 heteroatoms. The van der Waals surface area contributed by atoms with Crippen LogP contribution in [0.3, 0.4) is 0 Å². The first-order valence-electron chi connectivity index (χ1n) is 16.5. The van der Waals surface area contributed by atoms with Gasteiger partial charge in [0.2, 0.25) is 5.95 Å². The average molecular weight is 817 g/mol. The van der Waals surface area contributed by atoms with E-state index in [4.69, 9.17) is 24.4 Å². The van der Waals surface area contributed by atoms with E-state index in [9.17, 15) is 18.0 Å². The fourth-order valence-electron chi connectivity index (χ4n) is 5.98. The summed E-state index contributed by atoms with van der Waals surface area (Å²) in [5, 5.41) is 16.4. The fraction of sp³-hybridized carbons (Fsp3) is 0.306. The predicted octanol–water partition coefficient (Wildman–Crippen LogP) is 8.29. The Morgan fingerprint density at radius 3 is 2.47 bits per heavy atom. The molecule has 53 heavy (non-hydrogen) atoms. The van der Waals surface area contributed by atoms with Crippen LogP contribution < -0.4 is 25.6 Å². The summed E-state index contributed by atoms with van der Waals surface area (Å²) in [6.07, 6.45) is 7.50. The number of hydrogen-bond acceptors (Lipinski definition) is 10. The summed E-state index contributed by atoms with van der Waals surface area (Å²) < 4.78 is 43.5. The molecule has 0 atom stereocenters. The summed E-state index contributed by atoms with van der Waals surface area (Å²) in [5.41, 5.74) is 5.01. The molecule has 4 heterocycles. The summed E-state index contributed by atoms with van der Waals surface area (Å²) in [4.78, 5) is 39.4. The van der Waals surface area contributed by atoms with Crippen molar-refractivity contribution in [3.63, 3.8) is 0 Å². The number of alkyl halides is 3. The second-order valence-corrected chi connectivity index (χ2v) is 15.2. The normalized spacial score (nSPS) is 14.8. The first kappa shape index (κ1) is 39.3. The number of fused-ring (bicyclic) bond motifs is 1. The standard InChI is InChI=1S/C34H37BrN7O3P.C2HF3O2/c1-5-22-18-27(30(44-2)19-29(22)41-15-12-23(13-16-41)42-14-8-9-17-45-34(42)43)39-33-37-20-25(35)32(40-33)38-28-21-36-26-11-7-6-10-24(26)31(28)46(3)4;3-2(4,5)1(6)7/h6-11,14,17-21,23H,5,12-13,15-16H2,1-4H3,(H2,37,38,39,40);(H,6,7). The van der Waals surface area contributed by atoms with Crippen LogP contribution >= 0.6 is 23.9 Å². The van der Waals surface area contributed by atoms with Crippen LogP contribution in [0.5, 0.6) is 5.75 Å². The van der Waals surface area contributed by atoms with E-state index in [0.717, 1.165) is 64.8 Å². The van der Waals surface area contributed by atoms with Gasteiger partial charge in [0.1, 0.15) is 11.6 Å². The molecule has 0 bridgehead atoms. The van der Waals surface area contributed by atoms with Crippen molar-refractivity contribution in [3.8, 4) is 5.75 Å². The minimum Gasteiger partial charge on any atom is -0.494 e. The van der Waals surface area contributed by atoms with Crippen molar-refractivity contribution in [1.29, 1.82) is 0 Å². The number of nitrogens with one attached hydrogen (secondary N) is 2. The van der Waals surface area contributed by atoms with E-state index >= 15 is 0 Å². The molecule has 0 spiro atoms. The highest BCUT2D eigenvalue weighted by molar-refractivity contribution is 9.10. The number of halogens is 4. The van der Waals surface area contributed by atoms with Gasteiger partial charge in [0.05, 0.1) is 40.9 Å². The van der Waals surface area contributed by atoms with E-state index in [1.165, 1.54) is 17.1 Å². The number of ether oxygens (including phenoxy) is 2. The zero-order valence-corrected chi connectivity index (χ0v) is 31.8. The molecule has 0 saturated carbocycles. The van der Waals surface area contributed by atoms with Crippen LogP contribution in [0.2, 0.25) is 0 Å².